The van der Waals surface area contributed by atoms with Gasteiger partial charge in [0.25, 0.3) is 0 Å². The molecule has 0 bridgehead atoms. The molecule has 3 rings (SSSR count). The average Bonchev–Trinajstić information content (AvgIpc) is 2.77. The fourth-order valence-corrected chi connectivity index (χ4v) is 2.16. The molecule has 2 aromatic heterocycles. The lowest BCUT2D eigenvalue weighted by atomic mass is 10.1. The zero-order chi connectivity index (χ0) is 14.1. The van der Waals surface area contributed by atoms with Gasteiger partial charge in [0.15, 0.2) is 5.82 Å². The van der Waals surface area contributed by atoms with Gasteiger partial charge in [-0.05, 0) is 6.42 Å². The first-order chi connectivity index (χ1) is 9.69. The van der Waals surface area contributed by atoms with Crippen molar-refractivity contribution in [3.63, 3.8) is 0 Å². The summed E-state index contributed by atoms with van der Waals surface area (Å²) in [6, 6.07) is -0.186. The minimum Gasteiger partial charge on any atom is -0.389 e. The van der Waals surface area contributed by atoms with Gasteiger partial charge in [0.1, 0.15) is 5.52 Å². The van der Waals surface area contributed by atoms with Crippen molar-refractivity contribution in [2.45, 2.75) is 18.6 Å². The minimum absolute atomic E-state index is 0.141. The van der Waals surface area contributed by atoms with Gasteiger partial charge >= 0.3 is 0 Å². The number of aromatic nitrogens is 3. The van der Waals surface area contributed by atoms with Crippen molar-refractivity contribution < 1.29 is 14.2 Å². The normalized spacial score (nSPS) is 22.6. The molecule has 3 heterocycles. The first kappa shape index (κ1) is 12.8. The molecule has 0 aromatic carbocycles. The highest BCUT2D eigenvalue weighted by Gasteiger charge is 2.24. The number of nitrogens with zero attached hydrogens (tertiary/aromatic N) is 3. The Labute approximate surface area is 114 Å². The van der Waals surface area contributed by atoms with Crippen LogP contribution in [0.2, 0.25) is 0 Å². The van der Waals surface area contributed by atoms with Crippen LogP contribution in [0.5, 0.6) is 0 Å². The lowest BCUT2D eigenvalue weighted by Crippen LogP contribution is -2.42. The molecule has 0 unspecified atom stereocenters. The van der Waals surface area contributed by atoms with Gasteiger partial charge in [-0.1, -0.05) is 5.92 Å². The number of aliphatic hydroxyl groups excluding tert-OH is 1. The third kappa shape index (κ3) is 2.19. The van der Waals surface area contributed by atoms with E-state index in [2.05, 4.69) is 21.3 Å². The topological polar surface area (TPSA) is 71.7 Å². The predicted molar refractivity (Wildman–Crippen MR) is 69.7 cm³/mol. The predicted octanol–water partition coefficient (Wildman–Crippen LogP) is 0.411. The van der Waals surface area contributed by atoms with Gasteiger partial charge in [0, 0.05) is 12.8 Å². The highest BCUT2D eigenvalue weighted by Crippen LogP contribution is 2.16. The molecule has 0 aliphatic carbocycles. The number of terminal acetylenes is 1. The maximum atomic E-state index is 13.8. The average molecular weight is 276 g/mol. The second-order valence-electron chi connectivity index (χ2n) is 4.59. The number of ether oxygens (including phenoxy) is 1. The van der Waals surface area contributed by atoms with Gasteiger partial charge < -0.3 is 15.2 Å². The van der Waals surface area contributed by atoms with Crippen LogP contribution in [0.1, 0.15) is 12.0 Å². The Morgan fingerprint density at radius 1 is 1.60 bits per heavy atom. The fourth-order valence-electron chi connectivity index (χ4n) is 2.16. The molecule has 0 spiro atoms. The molecule has 2 N–H and O–H groups in total. The molecule has 2 atom stereocenters. The van der Waals surface area contributed by atoms with E-state index < -0.39 is 11.9 Å². The summed E-state index contributed by atoms with van der Waals surface area (Å²) in [5.41, 5.74) is 0.360. The van der Waals surface area contributed by atoms with Crippen molar-refractivity contribution in [1.82, 2.24) is 14.6 Å². The van der Waals surface area contributed by atoms with Crippen molar-refractivity contribution >= 4 is 11.5 Å². The second kappa shape index (κ2) is 5.07. The van der Waals surface area contributed by atoms with Crippen LogP contribution in [-0.2, 0) is 4.74 Å². The maximum Gasteiger partial charge on any atom is 0.241 e. The highest BCUT2D eigenvalue weighted by atomic mass is 19.1. The lowest BCUT2D eigenvalue weighted by Gasteiger charge is -2.28. The van der Waals surface area contributed by atoms with Crippen molar-refractivity contribution in [2.24, 2.45) is 0 Å². The van der Waals surface area contributed by atoms with Crippen molar-refractivity contribution in [3.8, 4) is 12.3 Å². The van der Waals surface area contributed by atoms with E-state index in [1.807, 2.05) is 0 Å². The molecule has 1 fully saturated rings. The van der Waals surface area contributed by atoms with Crippen molar-refractivity contribution in [2.75, 3.05) is 18.5 Å². The number of fused-ring (bicyclic) bond motifs is 1. The fraction of sp³-hybridized carbons (Fsp3) is 0.385. The minimum atomic E-state index is -0.620. The second-order valence-corrected chi connectivity index (χ2v) is 4.59. The molecule has 104 valence electrons. The van der Waals surface area contributed by atoms with E-state index in [1.54, 1.807) is 0 Å². The summed E-state index contributed by atoms with van der Waals surface area (Å²) < 4.78 is 20.2. The quantitative estimate of drug-likeness (QED) is 0.777. The molecule has 6 nitrogen and oxygen atoms in total. The van der Waals surface area contributed by atoms with E-state index in [0.717, 1.165) is 0 Å². The smallest absolute Gasteiger partial charge is 0.241 e. The Morgan fingerprint density at radius 3 is 3.20 bits per heavy atom. The summed E-state index contributed by atoms with van der Waals surface area (Å²) in [6.45, 7) is 0.843. The van der Waals surface area contributed by atoms with Crippen LogP contribution in [0, 0.1) is 18.2 Å². The monoisotopic (exact) mass is 276 g/mol. The van der Waals surface area contributed by atoms with Crippen LogP contribution in [0.15, 0.2) is 12.4 Å². The zero-order valence-corrected chi connectivity index (χ0v) is 10.6. The third-order valence-electron chi connectivity index (χ3n) is 3.27. The van der Waals surface area contributed by atoms with Crippen molar-refractivity contribution in [1.29, 1.82) is 0 Å². The van der Waals surface area contributed by atoms with Crippen LogP contribution in [-0.4, -0.2) is 45.1 Å². The number of hydrogen-bond acceptors (Lipinski definition) is 5. The Kier molecular flexibility index (Phi) is 3.26. The number of rotatable bonds is 2. The number of anilines is 1. The summed E-state index contributed by atoms with van der Waals surface area (Å²) in [5, 5.41) is 17.0. The maximum absolute atomic E-state index is 13.8. The molecular formula is C13H13FN4O2. The summed E-state index contributed by atoms with van der Waals surface area (Å²) in [6.07, 6.45) is 8.02. The zero-order valence-electron chi connectivity index (χ0n) is 10.6. The van der Waals surface area contributed by atoms with E-state index in [0.29, 0.717) is 19.0 Å². The van der Waals surface area contributed by atoms with Crippen LogP contribution < -0.4 is 5.32 Å². The molecule has 1 aliphatic rings. The number of hydrogen-bond donors (Lipinski definition) is 2. The van der Waals surface area contributed by atoms with E-state index in [-0.39, 0.29) is 23.7 Å². The Hall–Kier alpha value is -2.17. The van der Waals surface area contributed by atoms with E-state index in [4.69, 9.17) is 11.2 Å². The molecule has 2 aromatic rings. The van der Waals surface area contributed by atoms with Gasteiger partial charge in [-0.25, -0.2) is 13.9 Å². The SMILES string of the molecule is C#Cc1cn2nc(N[C@@H]3CCOC[C@H]3O)ncc2c1F. The summed E-state index contributed by atoms with van der Waals surface area (Å²) in [4.78, 5) is 4.04. The first-order valence-electron chi connectivity index (χ1n) is 6.22. The summed E-state index contributed by atoms with van der Waals surface area (Å²) >= 11 is 0. The number of nitrogens with one attached hydrogen (secondary N) is 1. The van der Waals surface area contributed by atoms with Crippen molar-refractivity contribution in [3.05, 3.63) is 23.8 Å². The summed E-state index contributed by atoms with van der Waals surface area (Å²) in [5.74, 6) is 2.05. The molecule has 1 saturated heterocycles. The van der Waals surface area contributed by atoms with Crippen LogP contribution in [0.3, 0.4) is 0 Å². The molecule has 20 heavy (non-hydrogen) atoms. The lowest BCUT2D eigenvalue weighted by molar-refractivity contribution is -0.0136. The molecular weight excluding hydrogens is 263 g/mol. The van der Waals surface area contributed by atoms with E-state index >= 15 is 0 Å². The number of aliphatic hydroxyl groups is 1. The molecule has 1 aliphatic heterocycles. The molecule has 0 saturated carbocycles. The van der Waals surface area contributed by atoms with E-state index in [9.17, 15) is 9.50 Å². The molecule has 0 radical (unpaired) electrons. The largest absolute Gasteiger partial charge is 0.389 e. The van der Waals surface area contributed by atoms with Crippen LogP contribution >= 0.6 is 0 Å². The van der Waals surface area contributed by atoms with Gasteiger partial charge in [0.05, 0.1) is 30.5 Å². The van der Waals surface area contributed by atoms with Crippen LogP contribution in [0.4, 0.5) is 10.3 Å². The first-order valence-corrected chi connectivity index (χ1v) is 6.22. The van der Waals surface area contributed by atoms with Gasteiger partial charge in [-0.15, -0.1) is 11.5 Å². The molecule has 7 heteroatoms. The van der Waals surface area contributed by atoms with E-state index in [1.165, 1.54) is 16.9 Å². The Bertz CT molecular complexity index is 679. The Morgan fingerprint density at radius 2 is 2.45 bits per heavy atom. The number of halogens is 1. The van der Waals surface area contributed by atoms with Gasteiger partial charge in [-0.2, -0.15) is 0 Å². The molecule has 0 amide bonds. The third-order valence-corrected chi connectivity index (χ3v) is 3.27. The highest BCUT2D eigenvalue weighted by molar-refractivity contribution is 5.54. The van der Waals surface area contributed by atoms with Gasteiger partial charge in [-0.3, -0.25) is 0 Å². The van der Waals surface area contributed by atoms with Crippen LogP contribution in [0.25, 0.3) is 5.52 Å². The standard InChI is InChI=1S/C13H13FN4O2/c1-2-8-6-18-10(12(8)14)5-15-13(17-18)16-9-3-4-20-7-11(9)19/h1,5-6,9,11,19H,3-4,7H2,(H,16,17)/t9-,11-/m1/s1. The van der Waals surface area contributed by atoms with Gasteiger partial charge in [0.2, 0.25) is 5.95 Å². The summed E-state index contributed by atoms with van der Waals surface area (Å²) in [7, 11) is 0. The Balaban J connectivity index is 1.87.